The molecular weight excluding hydrogens is 405 g/mol. The molecule has 6 heteroatoms. The number of hydrogen-bond donors (Lipinski definition) is 0. The molecule has 0 fully saturated rings. The lowest BCUT2D eigenvalue weighted by atomic mass is 9.91. The molecule has 0 amide bonds. The van der Waals surface area contributed by atoms with Gasteiger partial charge in [-0.2, -0.15) is 10.2 Å². The minimum absolute atomic E-state index is 0.0624. The van der Waals surface area contributed by atoms with Gasteiger partial charge in [0, 0.05) is 23.7 Å². The number of nitro groups is 1. The Balaban J connectivity index is 1.89. The standard InChI is InChI=1S/C25H26N3O2P/c1-25(2,3)24(27-26-18-20-14-16-21(17-15-20)28(29)30)19-31(22-10-6-4-7-11-22)23-12-8-5-9-13-23/h4-18H,19H2,1-3H3/b26-18+,27-24+. The molecule has 0 aromatic heterocycles. The van der Waals surface area contributed by atoms with Crippen molar-refractivity contribution >= 4 is 36.1 Å². The van der Waals surface area contributed by atoms with Gasteiger partial charge in [0.1, 0.15) is 0 Å². The average Bonchev–Trinajstić information content (AvgIpc) is 2.77. The molecule has 0 saturated carbocycles. The largest absolute Gasteiger partial charge is 0.269 e. The maximum absolute atomic E-state index is 10.8. The van der Waals surface area contributed by atoms with Crippen molar-refractivity contribution in [2.75, 3.05) is 6.16 Å². The smallest absolute Gasteiger partial charge is 0.258 e. The van der Waals surface area contributed by atoms with E-state index in [1.165, 1.54) is 22.7 Å². The van der Waals surface area contributed by atoms with Crippen molar-refractivity contribution in [2.24, 2.45) is 15.6 Å². The highest BCUT2D eigenvalue weighted by atomic mass is 31.1. The summed E-state index contributed by atoms with van der Waals surface area (Å²) in [4.78, 5) is 10.4. The van der Waals surface area contributed by atoms with Crippen molar-refractivity contribution in [3.8, 4) is 0 Å². The Kier molecular flexibility index (Phi) is 7.43. The van der Waals surface area contributed by atoms with Crippen LogP contribution in [0.3, 0.4) is 0 Å². The maximum atomic E-state index is 10.8. The van der Waals surface area contributed by atoms with Crippen LogP contribution in [0.15, 0.2) is 95.1 Å². The summed E-state index contributed by atoms with van der Waals surface area (Å²) in [5.74, 6) is 0. The fourth-order valence-electron chi connectivity index (χ4n) is 2.96. The van der Waals surface area contributed by atoms with Gasteiger partial charge in [-0.1, -0.05) is 81.4 Å². The molecular formula is C25H26N3O2P. The number of hydrogen-bond acceptors (Lipinski definition) is 4. The molecule has 5 nitrogen and oxygen atoms in total. The van der Waals surface area contributed by atoms with Gasteiger partial charge in [0.2, 0.25) is 0 Å². The van der Waals surface area contributed by atoms with E-state index in [-0.39, 0.29) is 11.1 Å². The molecule has 3 aromatic rings. The second-order valence-electron chi connectivity index (χ2n) is 8.15. The Labute approximate surface area is 184 Å². The van der Waals surface area contributed by atoms with Crippen LogP contribution in [-0.2, 0) is 0 Å². The molecule has 0 atom stereocenters. The van der Waals surface area contributed by atoms with Crippen molar-refractivity contribution in [1.29, 1.82) is 0 Å². The summed E-state index contributed by atoms with van der Waals surface area (Å²) in [5.41, 5.74) is 1.71. The summed E-state index contributed by atoms with van der Waals surface area (Å²) >= 11 is 0. The third-order valence-corrected chi connectivity index (χ3v) is 7.26. The fourth-order valence-corrected chi connectivity index (χ4v) is 5.53. The number of nitro benzene ring substituents is 1. The molecule has 0 spiro atoms. The molecule has 0 unspecified atom stereocenters. The first-order valence-electron chi connectivity index (χ1n) is 10.1. The van der Waals surface area contributed by atoms with Crippen molar-refractivity contribution in [3.63, 3.8) is 0 Å². The van der Waals surface area contributed by atoms with E-state index < -0.39 is 12.8 Å². The molecule has 0 bridgehead atoms. The quantitative estimate of drug-likeness (QED) is 0.213. The van der Waals surface area contributed by atoms with Crippen LogP contribution in [0.2, 0.25) is 0 Å². The fraction of sp³-hybridized carbons (Fsp3) is 0.200. The van der Waals surface area contributed by atoms with E-state index in [1.54, 1.807) is 18.3 Å². The van der Waals surface area contributed by atoms with E-state index in [4.69, 9.17) is 0 Å². The normalized spacial score (nSPS) is 12.5. The molecule has 0 N–H and O–H groups in total. The lowest BCUT2D eigenvalue weighted by Gasteiger charge is -2.26. The molecule has 158 valence electrons. The highest BCUT2D eigenvalue weighted by Gasteiger charge is 2.25. The minimum atomic E-state index is -0.617. The van der Waals surface area contributed by atoms with E-state index in [0.717, 1.165) is 17.4 Å². The SMILES string of the molecule is CC(C)(C)/C(CP(c1ccccc1)c1ccccc1)=N/N=C/c1ccc([N+](=O)[O-])cc1. The number of non-ortho nitro benzene ring substituents is 1. The first-order chi connectivity index (χ1) is 14.8. The van der Waals surface area contributed by atoms with Crippen LogP contribution < -0.4 is 10.6 Å². The summed E-state index contributed by atoms with van der Waals surface area (Å²) in [6.45, 7) is 6.45. The monoisotopic (exact) mass is 431 g/mol. The van der Waals surface area contributed by atoms with Gasteiger partial charge >= 0.3 is 0 Å². The third kappa shape index (κ3) is 6.40. The third-order valence-electron chi connectivity index (χ3n) is 4.80. The Morgan fingerprint density at radius 3 is 1.87 bits per heavy atom. The zero-order valence-electron chi connectivity index (χ0n) is 18.0. The zero-order valence-corrected chi connectivity index (χ0v) is 18.9. The predicted octanol–water partition coefficient (Wildman–Crippen LogP) is 5.55. The second kappa shape index (κ2) is 10.2. The van der Waals surface area contributed by atoms with Crippen LogP contribution >= 0.6 is 7.92 Å². The lowest BCUT2D eigenvalue weighted by Crippen LogP contribution is -2.27. The Hall–Kier alpha value is -3.17. The Morgan fingerprint density at radius 1 is 0.903 bits per heavy atom. The molecule has 0 aliphatic carbocycles. The van der Waals surface area contributed by atoms with Crippen molar-refractivity contribution in [1.82, 2.24) is 0 Å². The predicted molar refractivity (Wildman–Crippen MR) is 132 cm³/mol. The zero-order chi connectivity index (χ0) is 22.3. The van der Waals surface area contributed by atoms with Gasteiger partial charge in [0.15, 0.2) is 0 Å². The molecule has 0 aliphatic rings. The molecule has 0 radical (unpaired) electrons. The van der Waals surface area contributed by atoms with Crippen LogP contribution in [-0.4, -0.2) is 23.0 Å². The molecule has 3 aromatic carbocycles. The van der Waals surface area contributed by atoms with Gasteiger partial charge in [0.05, 0.1) is 16.8 Å². The highest BCUT2D eigenvalue weighted by Crippen LogP contribution is 2.36. The topological polar surface area (TPSA) is 67.9 Å². The van der Waals surface area contributed by atoms with Crippen LogP contribution in [0, 0.1) is 15.5 Å². The van der Waals surface area contributed by atoms with Gasteiger partial charge < -0.3 is 0 Å². The van der Waals surface area contributed by atoms with E-state index in [2.05, 4.69) is 79.5 Å². The minimum Gasteiger partial charge on any atom is -0.258 e. The summed E-state index contributed by atoms with van der Waals surface area (Å²) in [6.07, 6.45) is 2.45. The van der Waals surface area contributed by atoms with Crippen molar-refractivity contribution < 1.29 is 4.92 Å². The first-order valence-corrected chi connectivity index (χ1v) is 11.6. The highest BCUT2D eigenvalue weighted by molar-refractivity contribution is 7.73. The van der Waals surface area contributed by atoms with Crippen LogP contribution in [0.4, 0.5) is 5.69 Å². The molecule has 31 heavy (non-hydrogen) atoms. The first kappa shape index (κ1) is 22.5. The molecule has 3 rings (SSSR count). The number of benzene rings is 3. The van der Waals surface area contributed by atoms with E-state index >= 15 is 0 Å². The molecule has 0 aliphatic heterocycles. The molecule has 0 heterocycles. The summed E-state index contributed by atoms with van der Waals surface area (Å²) in [7, 11) is -0.617. The average molecular weight is 431 g/mol. The van der Waals surface area contributed by atoms with Gasteiger partial charge in [0.25, 0.3) is 5.69 Å². The second-order valence-corrected chi connectivity index (χ2v) is 10.4. The van der Waals surface area contributed by atoms with Crippen LogP contribution in [0.25, 0.3) is 0 Å². The van der Waals surface area contributed by atoms with Crippen LogP contribution in [0.1, 0.15) is 26.3 Å². The Morgan fingerprint density at radius 2 is 1.42 bits per heavy atom. The Bertz CT molecular complexity index is 1020. The number of rotatable bonds is 7. The van der Waals surface area contributed by atoms with Crippen LogP contribution in [0.5, 0.6) is 0 Å². The van der Waals surface area contributed by atoms with E-state index in [0.29, 0.717) is 0 Å². The number of nitrogens with zero attached hydrogens (tertiary/aromatic N) is 3. The van der Waals surface area contributed by atoms with Crippen molar-refractivity contribution in [3.05, 3.63) is 101 Å². The summed E-state index contributed by atoms with van der Waals surface area (Å²) in [6, 6.07) is 27.4. The lowest BCUT2D eigenvalue weighted by molar-refractivity contribution is -0.384. The molecule has 0 saturated heterocycles. The van der Waals surface area contributed by atoms with E-state index in [1.807, 2.05) is 12.1 Å². The van der Waals surface area contributed by atoms with Gasteiger partial charge in [-0.3, -0.25) is 10.1 Å². The van der Waals surface area contributed by atoms with Gasteiger partial charge in [-0.25, -0.2) is 0 Å². The van der Waals surface area contributed by atoms with Gasteiger partial charge in [-0.15, -0.1) is 0 Å². The van der Waals surface area contributed by atoms with E-state index in [9.17, 15) is 10.1 Å². The summed E-state index contributed by atoms with van der Waals surface area (Å²) in [5, 5.41) is 22.4. The summed E-state index contributed by atoms with van der Waals surface area (Å²) < 4.78 is 0. The maximum Gasteiger partial charge on any atom is 0.269 e. The van der Waals surface area contributed by atoms with Gasteiger partial charge in [-0.05, 0) is 36.2 Å². The van der Waals surface area contributed by atoms with Crippen molar-refractivity contribution in [2.45, 2.75) is 20.8 Å².